The van der Waals surface area contributed by atoms with Gasteiger partial charge in [-0.15, -0.1) is 5.10 Å². The summed E-state index contributed by atoms with van der Waals surface area (Å²) in [5, 5.41) is 19.3. The van der Waals surface area contributed by atoms with Crippen molar-refractivity contribution >= 4 is 11.9 Å². The molecule has 112 valence electrons. The molecule has 7 heteroatoms. The zero-order valence-corrected chi connectivity index (χ0v) is 12.5. The van der Waals surface area contributed by atoms with Crippen molar-refractivity contribution in [2.75, 3.05) is 0 Å². The number of nitrogens with one attached hydrogen (secondary N) is 1. The molecule has 0 saturated carbocycles. The van der Waals surface area contributed by atoms with Gasteiger partial charge in [0.25, 0.3) is 0 Å². The number of carboxylic acids is 1. The average Bonchev–Trinajstić information content (AvgIpc) is 2.72. The summed E-state index contributed by atoms with van der Waals surface area (Å²) >= 11 is 0. The van der Waals surface area contributed by atoms with E-state index in [0.717, 1.165) is 0 Å². The lowest BCUT2D eigenvalue weighted by molar-refractivity contribution is -0.122. The van der Waals surface area contributed by atoms with Crippen LogP contribution < -0.4 is 5.32 Å². The van der Waals surface area contributed by atoms with Crippen molar-refractivity contribution in [3.8, 4) is 0 Å². The highest BCUT2D eigenvalue weighted by Gasteiger charge is 2.23. The molecular formula is C13H22N4O3. The van der Waals surface area contributed by atoms with Crippen LogP contribution in [0.3, 0.4) is 0 Å². The first kappa shape index (κ1) is 16.1. The van der Waals surface area contributed by atoms with Crippen LogP contribution in [0.15, 0.2) is 0 Å². The second-order valence-corrected chi connectivity index (χ2v) is 5.54. The second-order valence-electron chi connectivity index (χ2n) is 5.54. The standard InChI is InChI=1S/C13H22N4O3/c1-7(2)9(5)14-10(18)6-17-12(8(3)4)11(13(19)20)15-16-17/h7-9H,6H2,1-5H3,(H,14,18)(H,19,20). The van der Waals surface area contributed by atoms with Crippen LogP contribution in [0.2, 0.25) is 0 Å². The molecule has 20 heavy (non-hydrogen) atoms. The summed E-state index contributed by atoms with van der Waals surface area (Å²) in [6.07, 6.45) is 0. The molecule has 1 unspecified atom stereocenters. The summed E-state index contributed by atoms with van der Waals surface area (Å²) in [6.45, 7) is 9.62. The van der Waals surface area contributed by atoms with Crippen molar-refractivity contribution in [2.24, 2.45) is 5.92 Å². The van der Waals surface area contributed by atoms with Crippen LogP contribution in [-0.4, -0.2) is 38.0 Å². The highest BCUT2D eigenvalue weighted by molar-refractivity contribution is 5.86. The summed E-state index contributed by atoms with van der Waals surface area (Å²) in [4.78, 5) is 23.0. The van der Waals surface area contributed by atoms with Crippen molar-refractivity contribution in [1.82, 2.24) is 20.3 Å². The maximum Gasteiger partial charge on any atom is 0.358 e. The van der Waals surface area contributed by atoms with Crippen LogP contribution in [-0.2, 0) is 11.3 Å². The Kier molecular flexibility index (Phi) is 5.24. The molecule has 7 nitrogen and oxygen atoms in total. The van der Waals surface area contributed by atoms with Crippen LogP contribution in [0.25, 0.3) is 0 Å². The molecule has 0 aromatic carbocycles. The SMILES string of the molecule is CC(C)c1c(C(=O)O)nnn1CC(=O)NC(C)C(C)C. The van der Waals surface area contributed by atoms with Gasteiger partial charge < -0.3 is 10.4 Å². The van der Waals surface area contributed by atoms with E-state index in [9.17, 15) is 9.59 Å². The molecule has 0 bridgehead atoms. The van der Waals surface area contributed by atoms with Gasteiger partial charge in [-0.3, -0.25) is 4.79 Å². The third kappa shape index (κ3) is 3.79. The highest BCUT2D eigenvalue weighted by Crippen LogP contribution is 2.17. The van der Waals surface area contributed by atoms with E-state index in [-0.39, 0.29) is 30.1 Å². The van der Waals surface area contributed by atoms with Gasteiger partial charge in [0.1, 0.15) is 6.54 Å². The number of carbonyl (C=O) groups is 2. The molecule has 0 spiro atoms. The molecular weight excluding hydrogens is 260 g/mol. The fourth-order valence-corrected chi connectivity index (χ4v) is 1.76. The van der Waals surface area contributed by atoms with Gasteiger partial charge in [0.2, 0.25) is 5.91 Å². The van der Waals surface area contributed by atoms with E-state index in [0.29, 0.717) is 11.6 Å². The monoisotopic (exact) mass is 282 g/mol. The topological polar surface area (TPSA) is 97.1 Å². The highest BCUT2D eigenvalue weighted by atomic mass is 16.4. The van der Waals surface area contributed by atoms with Gasteiger partial charge in [-0.2, -0.15) is 0 Å². The molecule has 0 aliphatic rings. The number of aromatic nitrogens is 3. The van der Waals surface area contributed by atoms with E-state index in [1.165, 1.54) is 4.68 Å². The van der Waals surface area contributed by atoms with Gasteiger partial charge >= 0.3 is 5.97 Å². The van der Waals surface area contributed by atoms with Gasteiger partial charge in [0.15, 0.2) is 5.69 Å². The molecule has 1 aromatic heterocycles. The first-order valence-corrected chi connectivity index (χ1v) is 6.70. The Morgan fingerprint density at radius 2 is 1.85 bits per heavy atom. The molecule has 1 heterocycles. The van der Waals surface area contributed by atoms with Crippen molar-refractivity contribution in [2.45, 2.75) is 53.1 Å². The summed E-state index contributed by atoms with van der Waals surface area (Å²) < 4.78 is 1.36. The fraction of sp³-hybridized carbons (Fsp3) is 0.692. The number of hydrogen-bond acceptors (Lipinski definition) is 4. The fourth-order valence-electron chi connectivity index (χ4n) is 1.76. The molecule has 1 amide bonds. The Labute approximate surface area is 118 Å². The van der Waals surface area contributed by atoms with E-state index < -0.39 is 5.97 Å². The van der Waals surface area contributed by atoms with Crippen molar-refractivity contribution in [3.05, 3.63) is 11.4 Å². The first-order valence-electron chi connectivity index (χ1n) is 6.70. The van der Waals surface area contributed by atoms with Gasteiger partial charge in [0, 0.05) is 6.04 Å². The van der Waals surface area contributed by atoms with Crippen LogP contribution in [0.4, 0.5) is 0 Å². The third-order valence-corrected chi connectivity index (χ3v) is 3.20. The maximum absolute atomic E-state index is 11.9. The Hall–Kier alpha value is -1.92. The lowest BCUT2D eigenvalue weighted by Crippen LogP contribution is -2.38. The van der Waals surface area contributed by atoms with E-state index in [4.69, 9.17) is 5.11 Å². The Morgan fingerprint density at radius 1 is 1.25 bits per heavy atom. The quantitative estimate of drug-likeness (QED) is 0.818. The number of carbonyl (C=O) groups excluding carboxylic acids is 1. The number of rotatable bonds is 6. The molecule has 0 saturated heterocycles. The number of aromatic carboxylic acids is 1. The third-order valence-electron chi connectivity index (χ3n) is 3.20. The number of hydrogen-bond donors (Lipinski definition) is 2. The van der Waals surface area contributed by atoms with Crippen LogP contribution in [0, 0.1) is 5.92 Å². The zero-order valence-electron chi connectivity index (χ0n) is 12.5. The number of nitrogens with zero attached hydrogens (tertiary/aromatic N) is 3. The summed E-state index contributed by atoms with van der Waals surface area (Å²) in [7, 11) is 0. The maximum atomic E-state index is 11.9. The van der Waals surface area contributed by atoms with Gasteiger partial charge in [-0.05, 0) is 18.8 Å². The Balaban J connectivity index is 2.88. The largest absolute Gasteiger partial charge is 0.476 e. The molecule has 2 N–H and O–H groups in total. The second kappa shape index (κ2) is 6.49. The first-order chi connectivity index (χ1) is 9.23. The molecule has 0 aliphatic heterocycles. The lowest BCUT2D eigenvalue weighted by atomic mass is 10.1. The molecule has 0 fully saturated rings. The predicted molar refractivity (Wildman–Crippen MR) is 73.5 cm³/mol. The molecule has 0 radical (unpaired) electrons. The normalized spacial score (nSPS) is 12.8. The van der Waals surface area contributed by atoms with Crippen LogP contribution in [0.5, 0.6) is 0 Å². The minimum Gasteiger partial charge on any atom is -0.476 e. The summed E-state index contributed by atoms with van der Waals surface area (Å²) in [5.41, 5.74) is 0.370. The minimum absolute atomic E-state index is 0.0230. The number of carboxylic acid groups (broad SMARTS) is 1. The molecule has 1 atom stereocenters. The average molecular weight is 282 g/mol. The Bertz CT molecular complexity index is 494. The minimum atomic E-state index is -1.13. The van der Waals surface area contributed by atoms with Crippen molar-refractivity contribution in [1.29, 1.82) is 0 Å². The van der Waals surface area contributed by atoms with E-state index in [2.05, 4.69) is 15.6 Å². The van der Waals surface area contributed by atoms with E-state index in [1.54, 1.807) is 0 Å². The van der Waals surface area contributed by atoms with Crippen LogP contribution in [0.1, 0.15) is 56.7 Å². The smallest absolute Gasteiger partial charge is 0.358 e. The Morgan fingerprint density at radius 3 is 2.30 bits per heavy atom. The lowest BCUT2D eigenvalue weighted by Gasteiger charge is -2.18. The predicted octanol–water partition coefficient (Wildman–Crippen LogP) is 1.26. The van der Waals surface area contributed by atoms with E-state index in [1.807, 2.05) is 34.6 Å². The summed E-state index contributed by atoms with van der Waals surface area (Å²) in [6, 6.07) is 0.0486. The van der Waals surface area contributed by atoms with Gasteiger partial charge in [0.05, 0.1) is 5.69 Å². The molecule has 0 aliphatic carbocycles. The van der Waals surface area contributed by atoms with Crippen molar-refractivity contribution in [3.63, 3.8) is 0 Å². The number of amides is 1. The van der Waals surface area contributed by atoms with Crippen molar-refractivity contribution < 1.29 is 14.7 Å². The van der Waals surface area contributed by atoms with E-state index >= 15 is 0 Å². The molecule has 1 rings (SSSR count). The van der Waals surface area contributed by atoms with Gasteiger partial charge in [-0.1, -0.05) is 32.9 Å². The summed E-state index contributed by atoms with van der Waals surface area (Å²) in [5.74, 6) is -1.08. The zero-order chi connectivity index (χ0) is 15.4. The molecule has 1 aromatic rings. The van der Waals surface area contributed by atoms with Gasteiger partial charge in [-0.25, -0.2) is 9.48 Å². The van der Waals surface area contributed by atoms with Crippen LogP contribution >= 0.6 is 0 Å².